The van der Waals surface area contributed by atoms with E-state index in [9.17, 15) is 4.79 Å². The predicted octanol–water partition coefficient (Wildman–Crippen LogP) is 4.25. The Morgan fingerprint density at radius 1 is 1.21 bits per heavy atom. The molecule has 1 N–H and O–H groups in total. The van der Waals surface area contributed by atoms with Crippen molar-refractivity contribution in [2.75, 3.05) is 7.11 Å². The predicted molar refractivity (Wildman–Crippen MR) is 109 cm³/mol. The van der Waals surface area contributed by atoms with Gasteiger partial charge in [-0.2, -0.15) is 0 Å². The van der Waals surface area contributed by atoms with Gasteiger partial charge in [0.2, 0.25) is 17.7 Å². The number of hydrogen-bond acceptors (Lipinski definition) is 5. The number of carbonyl (C=O) groups excluding carboxylic acids is 1. The second-order valence-corrected chi connectivity index (χ2v) is 7.52. The molecule has 150 valence electrons. The molecule has 6 heteroatoms. The maximum atomic E-state index is 12.6. The Hall–Kier alpha value is -3.15. The number of methoxy groups -OCH3 is 1. The number of nitrogens with one attached hydrogen (secondary N) is 1. The molecule has 3 aromatic rings. The summed E-state index contributed by atoms with van der Waals surface area (Å²) >= 11 is 0. The molecule has 1 unspecified atom stereocenters. The number of carbonyl (C=O) groups is 1. The van der Waals surface area contributed by atoms with Gasteiger partial charge in [0.05, 0.1) is 13.7 Å². The number of benzene rings is 2. The van der Waals surface area contributed by atoms with Gasteiger partial charge in [0.15, 0.2) is 0 Å². The fourth-order valence-electron chi connectivity index (χ4n) is 3.66. The Morgan fingerprint density at radius 3 is 2.69 bits per heavy atom. The summed E-state index contributed by atoms with van der Waals surface area (Å²) in [5.41, 5.74) is 3.15. The van der Waals surface area contributed by atoms with Gasteiger partial charge in [0, 0.05) is 12.0 Å². The highest BCUT2D eigenvalue weighted by Gasteiger charge is 2.34. The third-order valence-electron chi connectivity index (χ3n) is 5.37. The first kappa shape index (κ1) is 19.2. The zero-order valence-electron chi connectivity index (χ0n) is 16.7. The van der Waals surface area contributed by atoms with Crippen molar-refractivity contribution in [3.63, 3.8) is 0 Å². The SMILES string of the molecule is COc1ccc(C(CC(=O)NCc2nnc(-c3ccccc3)o2)C2CC2)cc1C. The lowest BCUT2D eigenvalue weighted by Gasteiger charge is -2.18. The molecule has 6 nitrogen and oxygen atoms in total. The highest BCUT2D eigenvalue weighted by Crippen LogP contribution is 2.45. The molecule has 1 aliphatic carbocycles. The van der Waals surface area contributed by atoms with Crippen LogP contribution in [0.25, 0.3) is 11.5 Å². The van der Waals surface area contributed by atoms with E-state index in [-0.39, 0.29) is 18.4 Å². The monoisotopic (exact) mass is 391 g/mol. The molecule has 1 atom stereocenters. The van der Waals surface area contributed by atoms with Crippen LogP contribution in [0.3, 0.4) is 0 Å². The molecule has 0 spiro atoms. The summed E-state index contributed by atoms with van der Waals surface area (Å²) in [4.78, 5) is 12.6. The Balaban J connectivity index is 1.37. The van der Waals surface area contributed by atoms with Crippen LogP contribution in [0.15, 0.2) is 52.9 Å². The van der Waals surface area contributed by atoms with Gasteiger partial charge in [0.25, 0.3) is 0 Å². The van der Waals surface area contributed by atoms with Gasteiger partial charge < -0.3 is 14.5 Å². The minimum Gasteiger partial charge on any atom is -0.496 e. The minimum absolute atomic E-state index is 0.00478. The van der Waals surface area contributed by atoms with Crippen LogP contribution >= 0.6 is 0 Å². The van der Waals surface area contributed by atoms with Crippen molar-refractivity contribution in [2.24, 2.45) is 5.92 Å². The van der Waals surface area contributed by atoms with E-state index in [0.29, 0.717) is 24.1 Å². The zero-order chi connectivity index (χ0) is 20.2. The largest absolute Gasteiger partial charge is 0.496 e. The number of aryl methyl sites for hydroxylation is 1. The Kier molecular flexibility index (Phi) is 5.60. The van der Waals surface area contributed by atoms with E-state index in [1.165, 1.54) is 18.4 Å². The van der Waals surface area contributed by atoms with Crippen molar-refractivity contribution in [2.45, 2.75) is 38.6 Å². The van der Waals surface area contributed by atoms with Gasteiger partial charge in [-0.1, -0.05) is 30.3 Å². The van der Waals surface area contributed by atoms with Crippen molar-refractivity contribution in [3.8, 4) is 17.2 Å². The highest BCUT2D eigenvalue weighted by atomic mass is 16.5. The molecule has 1 aliphatic rings. The second-order valence-electron chi connectivity index (χ2n) is 7.52. The summed E-state index contributed by atoms with van der Waals surface area (Å²) in [6.45, 7) is 2.27. The molecule has 0 saturated heterocycles. The summed E-state index contributed by atoms with van der Waals surface area (Å²) in [5.74, 6) is 2.52. The van der Waals surface area contributed by atoms with Crippen molar-refractivity contribution in [1.29, 1.82) is 0 Å². The topological polar surface area (TPSA) is 77.2 Å². The molecule has 4 rings (SSSR count). The fourth-order valence-corrected chi connectivity index (χ4v) is 3.66. The zero-order valence-corrected chi connectivity index (χ0v) is 16.7. The molecule has 1 amide bonds. The molecule has 2 aromatic carbocycles. The standard InChI is InChI=1S/C23H25N3O3/c1-15-12-18(10-11-20(15)28-2)19(16-8-9-16)13-21(27)24-14-22-25-26-23(29-22)17-6-4-3-5-7-17/h3-7,10-12,16,19H,8-9,13-14H2,1-2H3,(H,24,27). The van der Waals surface area contributed by atoms with Crippen molar-refractivity contribution < 1.29 is 13.9 Å². The molecule has 0 aliphatic heterocycles. The summed E-state index contributed by atoms with van der Waals surface area (Å²) in [6, 6.07) is 15.8. The summed E-state index contributed by atoms with van der Waals surface area (Å²) < 4.78 is 11.0. The molecule has 0 bridgehead atoms. The van der Waals surface area contributed by atoms with E-state index in [1.807, 2.05) is 43.3 Å². The lowest BCUT2D eigenvalue weighted by molar-refractivity contribution is -0.121. The van der Waals surface area contributed by atoms with Crippen molar-refractivity contribution in [1.82, 2.24) is 15.5 Å². The maximum absolute atomic E-state index is 12.6. The lowest BCUT2D eigenvalue weighted by atomic mass is 9.89. The average molecular weight is 391 g/mol. The van der Waals surface area contributed by atoms with Crippen LogP contribution in [0.4, 0.5) is 0 Å². The molecular weight excluding hydrogens is 366 g/mol. The summed E-state index contributed by atoms with van der Waals surface area (Å²) in [6.07, 6.45) is 2.80. The smallest absolute Gasteiger partial charge is 0.247 e. The van der Waals surface area contributed by atoms with Crippen LogP contribution in [0, 0.1) is 12.8 Å². The number of amides is 1. The lowest BCUT2D eigenvalue weighted by Crippen LogP contribution is -2.25. The molecule has 1 heterocycles. The van der Waals surface area contributed by atoms with Gasteiger partial charge in [-0.3, -0.25) is 4.79 Å². The van der Waals surface area contributed by atoms with Gasteiger partial charge in [-0.15, -0.1) is 10.2 Å². The number of rotatable bonds is 8. The van der Waals surface area contributed by atoms with Crippen LogP contribution in [0.1, 0.15) is 42.2 Å². The second kappa shape index (κ2) is 8.47. The van der Waals surface area contributed by atoms with Gasteiger partial charge in [-0.25, -0.2) is 0 Å². The summed E-state index contributed by atoms with van der Waals surface area (Å²) in [7, 11) is 1.68. The van der Waals surface area contributed by atoms with E-state index in [1.54, 1.807) is 7.11 Å². The van der Waals surface area contributed by atoms with E-state index in [2.05, 4.69) is 27.6 Å². The van der Waals surface area contributed by atoms with Crippen LogP contribution in [0.5, 0.6) is 5.75 Å². The van der Waals surface area contributed by atoms with Gasteiger partial charge >= 0.3 is 0 Å². The van der Waals surface area contributed by atoms with Gasteiger partial charge in [0.1, 0.15) is 5.75 Å². The molecular formula is C23H25N3O3. The molecule has 0 radical (unpaired) electrons. The van der Waals surface area contributed by atoms with Crippen molar-refractivity contribution in [3.05, 3.63) is 65.5 Å². The molecule has 1 saturated carbocycles. The maximum Gasteiger partial charge on any atom is 0.247 e. The fraction of sp³-hybridized carbons (Fsp3) is 0.348. The van der Waals surface area contributed by atoms with Crippen LogP contribution in [-0.4, -0.2) is 23.2 Å². The van der Waals surface area contributed by atoms with Crippen LogP contribution in [-0.2, 0) is 11.3 Å². The van der Waals surface area contributed by atoms with E-state index < -0.39 is 0 Å². The number of nitrogens with zero attached hydrogens (tertiary/aromatic N) is 2. The van der Waals surface area contributed by atoms with Crippen molar-refractivity contribution >= 4 is 5.91 Å². The van der Waals surface area contributed by atoms with E-state index in [4.69, 9.17) is 9.15 Å². The molecule has 1 fully saturated rings. The minimum atomic E-state index is -0.00478. The molecule has 29 heavy (non-hydrogen) atoms. The van der Waals surface area contributed by atoms with E-state index in [0.717, 1.165) is 16.9 Å². The van der Waals surface area contributed by atoms with Crippen LogP contribution in [0.2, 0.25) is 0 Å². The van der Waals surface area contributed by atoms with E-state index >= 15 is 0 Å². The molecule has 1 aromatic heterocycles. The first-order valence-corrected chi connectivity index (χ1v) is 9.93. The third-order valence-corrected chi connectivity index (χ3v) is 5.37. The first-order chi connectivity index (χ1) is 14.1. The quantitative estimate of drug-likeness (QED) is 0.621. The van der Waals surface area contributed by atoms with Gasteiger partial charge in [-0.05, 0) is 60.9 Å². The third kappa shape index (κ3) is 4.65. The highest BCUT2D eigenvalue weighted by molar-refractivity contribution is 5.77. The first-order valence-electron chi connectivity index (χ1n) is 9.93. The number of hydrogen-bond donors (Lipinski definition) is 1. The van der Waals surface area contributed by atoms with Crippen LogP contribution < -0.4 is 10.1 Å². The Morgan fingerprint density at radius 2 is 2.00 bits per heavy atom. The number of aromatic nitrogens is 2. The number of ether oxygens (including phenoxy) is 1. The average Bonchev–Trinajstić information content (AvgIpc) is 3.48. The summed E-state index contributed by atoms with van der Waals surface area (Å²) in [5, 5.41) is 11.0. The Labute approximate surface area is 170 Å². The normalized spacial score (nSPS) is 14.4. The Bertz CT molecular complexity index is 980.